The van der Waals surface area contributed by atoms with Crippen LogP contribution in [0.1, 0.15) is 28.6 Å². The molecule has 0 saturated heterocycles. The first-order valence-corrected chi connectivity index (χ1v) is 8.13. The summed E-state index contributed by atoms with van der Waals surface area (Å²) in [6, 6.07) is 0. The van der Waals surface area contributed by atoms with E-state index in [4.69, 9.17) is 5.11 Å². The molecule has 0 spiro atoms. The molecule has 0 aliphatic carbocycles. The summed E-state index contributed by atoms with van der Waals surface area (Å²) >= 11 is 0.955. The van der Waals surface area contributed by atoms with Crippen LogP contribution in [0.2, 0.25) is 0 Å². The molecule has 0 amide bonds. The Bertz CT molecular complexity index is 643. The summed E-state index contributed by atoms with van der Waals surface area (Å²) in [5.41, 5.74) is 1.65. The fourth-order valence-electron chi connectivity index (χ4n) is 2.00. The molecular formula is C12H15NO4S2. The van der Waals surface area contributed by atoms with Crippen molar-refractivity contribution in [2.24, 2.45) is 0 Å². The van der Waals surface area contributed by atoms with E-state index in [9.17, 15) is 13.2 Å². The zero-order chi connectivity index (χ0) is 14.2. The third kappa shape index (κ3) is 2.58. The van der Waals surface area contributed by atoms with Crippen LogP contribution in [0.3, 0.4) is 0 Å². The predicted octanol–water partition coefficient (Wildman–Crippen LogP) is 2.10. The van der Waals surface area contributed by atoms with Gasteiger partial charge in [-0.15, -0.1) is 11.3 Å². The van der Waals surface area contributed by atoms with E-state index in [1.807, 2.05) is 13.0 Å². The lowest BCUT2D eigenvalue weighted by Crippen LogP contribution is -2.35. The van der Waals surface area contributed by atoms with E-state index in [-0.39, 0.29) is 9.77 Å². The third-order valence-electron chi connectivity index (χ3n) is 3.11. The number of hydrogen-bond donors (Lipinski definition) is 1. The van der Waals surface area contributed by atoms with Crippen LogP contribution in [0, 0.1) is 6.92 Å². The molecule has 1 aliphatic heterocycles. The second-order valence-corrected chi connectivity index (χ2v) is 7.30. The summed E-state index contributed by atoms with van der Waals surface area (Å²) in [5, 5.41) is 10.7. The van der Waals surface area contributed by atoms with Crippen molar-refractivity contribution in [1.82, 2.24) is 4.31 Å². The van der Waals surface area contributed by atoms with Crippen LogP contribution in [-0.2, 0) is 10.0 Å². The standard InChI is InChI=1S/C12H15NO4S2/c1-8-3-5-13(6-4-8)19(16,17)11-9(2)7-18-10(11)12(14)15/h3,7H,4-6H2,1-2H3,(H,14,15). The van der Waals surface area contributed by atoms with Crippen LogP contribution in [-0.4, -0.2) is 36.9 Å². The summed E-state index contributed by atoms with van der Waals surface area (Å²) < 4.78 is 26.4. The molecule has 0 aromatic carbocycles. The molecule has 0 atom stereocenters. The number of carboxylic acid groups (broad SMARTS) is 1. The quantitative estimate of drug-likeness (QED) is 0.868. The Morgan fingerprint density at radius 2 is 2.11 bits per heavy atom. The average Bonchev–Trinajstić information content (AvgIpc) is 2.72. The number of carbonyl (C=O) groups is 1. The minimum atomic E-state index is -3.73. The molecule has 0 bridgehead atoms. The van der Waals surface area contributed by atoms with Crippen molar-refractivity contribution in [3.63, 3.8) is 0 Å². The van der Waals surface area contributed by atoms with Crippen LogP contribution >= 0.6 is 11.3 Å². The van der Waals surface area contributed by atoms with E-state index in [0.717, 1.165) is 16.9 Å². The maximum Gasteiger partial charge on any atom is 0.347 e. The van der Waals surface area contributed by atoms with E-state index in [1.54, 1.807) is 12.3 Å². The lowest BCUT2D eigenvalue weighted by Gasteiger charge is -2.25. The van der Waals surface area contributed by atoms with Crippen molar-refractivity contribution in [3.8, 4) is 0 Å². The molecule has 1 aliphatic rings. The van der Waals surface area contributed by atoms with Crippen molar-refractivity contribution >= 4 is 27.3 Å². The number of aromatic carboxylic acids is 1. The normalized spacial score (nSPS) is 17.3. The maximum atomic E-state index is 12.5. The highest BCUT2D eigenvalue weighted by Crippen LogP contribution is 2.30. The minimum absolute atomic E-state index is 0.0575. The molecule has 7 heteroatoms. The molecule has 1 N–H and O–H groups in total. The van der Waals surface area contributed by atoms with Crippen LogP contribution in [0.5, 0.6) is 0 Å². The van der Waals surface area contributed by atoms with Crippen LogP contribution in [0.25, 0.3) is 0 Å². The largest absolute Gasteiger partial charge is 0.477 e. The molecule has 104 valence electrons. The van der Waals surface area contributed by atoms with Gasteiger partial charge in [-0.05, 0) is 31.2 Å². The van der Waals surface area contributed by atoms with Gasteiger partial charge in [-0.25, -0.2) is 13.2 Å². The number of carboxylic acids is 1. The van der Waals surface area contributed by atoms with Gasteiger partial charge in [-0.2, -0.15) is 4.31 Å². The van der Waals surface area contributed by atoms with Gasteiger partial charge < -0.3 is 5.11 Å². The van der Waals surface area contributed by atoms with Gasteiger partial charge in [0.2, 0.25) is 10.0 Å². The number of sulfonamides is 1. The van der Waals surface area contributed by atoms with Crippen LogP contribution < -0.4 is 0 Å². The molecule has 0 fully saturated rings. The summed E-state index contributed by atoms with van der Waals surface area (Å²) in [6.45, 7) is 4.30. The fraction of sp³-hybridized carbons (Fsp3) is 0.417. The molecule has 2 heterocycles. The number of rotatable bonds is 3. The highest BCUT2D eigenvalue weighted by molar-refractivity contribution is 7.89. The van der Waals surface area contributed by atoms with Gasteiger partial charge in [0.1, 0.15) is 9.77 Å². The van der Waals surface area contributed by atoms with Gasteiger partial charge in [0.25, 0.3) is 0 Å². The molecule has 0 radical (unpaired) electrons. The molecule has 1 aromatic rings. The molecule has 5 nitrogen and oxygen atoms in total. The molecular weight excluding hydrogens is 286 g/mol. The van der Waals surface area contributed by atoms with E-state index in [1.165, 1.54) is 4.31 Å². The molecule has 1 aromatic heterocycles. The Kier molecular flexibility index (Phi) is 3.80. The minimum Gasteiger partial charge on any atom is -0.477 e. The van der Waals surface area contributed by atoms with E-state index >= 15 is 0 Å². The smallest absolute Gasteiger partial charge is 0.347 e. The Morgan fingerprint density at radius 1 is 1.42 bits per heavy atom. The first-order valence-electron chi connectivity index (χ1n) is 5.81. The van der Waals surface area contributed by atoms with E-state index in [2.05, 4.69) is 0 Å². The Hall–Kier alpha value is -1.18. The first kappa shape index (κ1) is 14.2. The topological polar surface area (TPSA) is 74.7 Å². The van der Waals surface area contributed by atoms with E-state index < -0.39 is 16.0 Å². The van der Waals surface area contributed by atoms with Crippen molar-refractivity contribution < 1.29 is 18.3 Å². The number of hydrogen-bond acceptors (Lipinski definition) is 4. The highest BCUT2D eigenvalue weighted by atomic mass is 32.2. The maximum absolute atomic E-state index is 12.5. The monoisotopic (exact) mass is 301 g/mol. The Morgan fingerprint density at radius 3 is 2.63 bits per heavy atom. The summed E-state index contributed by atoms with van der Waals surface area (Å²) in [5.74, 6) is -1.19. The van der Waals surface area contributed by atoms with Gasteiger partial charge in [-0.1, -0.05) is 11.6 Å². The molecule has 0 saturated carbocycles. The SMILES string of the molecule is CC1=CCN(S(=O)(=O)c2c(C)csc2C(=O)O)CC1. The second-order valence-electron chi connectivity index (χ2n) is 4.55. The van der Waals surface area contributed by atoms with E-state index in [0.29, 0.717) is 25.1 Å². The highest BCUT2D eigenvalue weighted by Gasteiger charge is 2.32. The van der Waals surface area contributed by atoms with Gasteiger partial charge in [0, 0.05) is 13.1 Å². The number of thiophene rings is 1. The van der Waals surface area contributed by atoms with Crippen molar-refractivity contribution in [1.29, 1.82) is 0 Å². The van der Waals surface area contributed by atoms with Crippen LogP contribution in [0.4, 0.5) is 0 Å². The Labute approximate surface area is 116 Å². The summed E-state index contributed by atoms with van der Waals surface area (Å²) in [4.78, 5) is 11.0. The van der Waals surface area contributed by atoms with Gasteiger partial charge >= 0.3 is 5.97 Å². The van der Waals surface area contributed by atoms with Crippen LogP contribution in [0.15, 0.2) is 21.9 Å². The third-order valence-corrected chi connectivity index (χ3v) is 6.38. The number of nitrogens with zero attached hydrogens (tertiary/aromatic N) is 1. The lowest BCUT2D eigenvalue weighted by molar-refractivity contribution is 0.0698. The molecule has 0 unspecified atom stereocenters. The average molecular weight is 301 g/mol. The first-order chi connectivity index (χ1) is 8.84. The lowest BCUT2D eigenvalue weighted by atomic mass is 10.1. The van der Waals surface area contributed by atoms with Gasteiger partial charge in [0.15, 0.2) is 0 Å². The molecule has 2 rings (SSSR count). The van der Waals surface area contributed by atoms with Crippen molar-refractivity contribution in [2.45, 2.75) is 25.2 Å². The second kappa shape index (κ2) is 5.07. The van der Waals surface area contributed by atoms with Crippen molar-refractivity contribution in [2.75, 3.05) is 13.1 Å². The summed E-state index contributed by atoms with van der Waals surface area (Å²) in [7, 11) is -3.73. The Balaban J connectivity index is 2.46. The predicted molar refractivity (Wildman–Crippen MR) is 73.1 cm³/mol. The van der Waals surface area contributed by atoms with Crippen molar-refractivity contribution in [3.05, 3.63) is 27.5 Å². The zero-order valence-corrected chi connectivity index (χ0v) is 12.3. The van der Waals surface area contributed by atoms with Gasteiger partial charge in [-0.3, -0.25) is 0 Å². The zero-order valence-electron chi connectivity index (χ0n) is 10.7. The summed E-state index contributed by atoms with van der Waals surface area (Å²) in [6.07, 6.45) is 2.55. The number of aryl methyl sites for hydroxylation is 1. The van der Waals surface area contributed by atoms with Gasteiger partial charge in [0.05, 0.1) is 0 Å². The molecule has 19 heavy (non-hydrogen) atoms. The fourth-order valence-corrected chi connectivity index (χ4v) is 4.97.